The van der Waals surface area contributed by atoms with Crippen molar-refractivity contribution >= 4 is 28.2 Å². The summed E-state index contributed by atoms with van der Waals surface area (Å²) >= 11 is 0. The van der Waals surface area contributed by atoms with Crippen LogP contribution in [0.4, 0.5) is 11.4 Å². The minimum Gasteiger partial charge on any atom is -0.462 e. The summed E-state index contributed by atoms with van der Waals surface area (Å²) < 4.78 is 5.01. The van der Waals surface area contributed by atoms with Crippen LogP contribution in [0.1, 0.15) is 17.3 Å². The van der Waals surface area contributed by atoms with Crippen molar-refractivity contribution in [3.8, 4) is 0 Å². The number of nitro benzene ring substituents is 1. The molecule has 0 radical (unpaired) electrons. The molecule has 21 heavy (non-hydrogen) atoms. The van der Waals surface area contributed by atoms with Gasteiger partial charge in [0, 0.05) is 31.7 Å². The summed E-state index contributed by atoms with van der Waals surface area (Å²) in [5.74, 6) is -0.498. The Kier molecular flexibility index (Phi) is 4.02. The fourth-order valence-corrected chi connectivity index (χ4v) is 2.18. The van der Waals surface area contributed by atoms with E-state index in [1.807, 2.05) is 0 Å². The molecule has 0 spiro atoms. The first-order valence-electron chi connectivity index (χ1n) is 6.38. The van der Waals surface area contributed by atoms with Crippen molar-refractivity contribution < 1.29 is 14.5 Å². The van der Waals surface area contributed by atoms with Crippen molar-refractivity contribution in [3.63, 3.8) is 0 Å². The maximum absolute atomic E-state index is 12.0. The van der Waals surface area contributed by atoms with Crippen molar-refractivity contribution in [2.24, 2.45) is 0 Å². The molecule has 0 amide bonds. The highest BCUT2D eigenvalue weighted by Gasteiger charge is 2.22. The lowest BCUT2D eigenvalue weighted by Crippen LogP contribution is -2.16. The van der Waals surface area contributed by atoms with Gasteiger partial charge in [-0.3, -0.25) is 10.1 Å². The van der Waals surface area contributed by atoms with Gasteiger partial charge in [-0.2, -0.15) is 0 Å². The van der Waals surface area contributed by atoms with E-state index in [1.165, 1.54) is 12.3 Å². The van der Waals surface area contributed by atoms with Gasteiger partial charge in [0.15, 0.2) is 0 Å². The van der Waals surface area contributed by atoms with Gasteiger partial charge in [-0.25, -0.2) is 9.78 Å². The number of fused-ring (bicyclic) bond motifs is 1. The molecule has 7 nitrogen and oxygen atoms in total. The van der Waals surface area contributed by atoms with Crippen LogP contribution in [0, 0.1) is 10.1 Å². The fourth-order valence-electron chi connectivity index (χ4n) is 2.18. The molecule has 0 unspecified atom stereocenters. The predicted molar refractivity (Wildman–Crippen MR) is 78.7 cm³/mol. The van der Waals surface area contributed by atoms with E-state index < -0.39 is 10.9 Å². The number of hydrogen-bond donors (Lipinski definition) is 0. The van der Waals surface area contributed by atoms with Gasteiger partial charge in [-0.05, 0) is 6.92 Å². The molecule has 1 heterocycles. The number of non-ortho nitro benzene ring substituents is 1. The summed E-state index contributed by atoms with van der Waals surface area (Å²) in [5.41, 5.74) is 1.00. The molecule has 110 valence electrons. The van der Waals surface area contributed by atoms with Crippen molar-refractivity contribution in [2.45, 2.75) is 6.92 Å². The first-order chi connectivity index (χ1) is 9.97. The average molecular weight is 289 g/mol. The SMILES string of the molecule is CCOC(=O)c1cnc2c([N+](=O)[O-])cccc2c1N(C)C. The minimum absolute atomic E-state index is 0.0917. The van der Waals surface area contributed by atoms with E-state index in [2.05, 4.69) is 4.98 Å². The summed E-state index contributed by atoms with van der Waals surface area (Å²) in [6.45, 7) is 1.96. The number of benzene rings is 1. The second-order valence-corrected chi connectivity index (χ2v) is 4.57. The standard InChI is InChI=1S/C14H15N3O4/c1-4-21-14(18)10-8-15-12-9(13(10)16(2)3)6-5-7-11(12)17(19)20/h5-8H,4H2,1-3H3. The number of carbonyl (C=O) groups excluding carboxylic acids is 1. The second-order valence-electron chi connectivity index (χ2n) is 4.57. The number of nitro groups is 1. The zero-order valence-corrected chi connectivity index (χ0v) is 12.0. The molecule has 0 bridgehead atoms. The molecule has 0 saturated carbocycles. The largest absolute Gasteiger partial charge is 0.462 e. The molecule has 0 N–H and O–H groups in total. The zero-order chi connectivity index (χ0) is 15.6. The lowest BCUT2D eigenvalue weighted by atomic mass is 10.1. The van der Waals surface area contributed by atoms with Gasteiger partial charge in [0.25, 0.3) is 5.69 Å². The Bertz CT molecular complexity index is 713. The van der Waals surface area contributed by atoms with Crippen molar-refractivity contribution in [2.75, 3.05) is 25.6 Å². The number of ether oxygens (including phenoxy) is 1. The molecular formula is C14H15N3O4. The number of rotatable bonds is 4. The molecule has 0 aliphatic heterocycles. The van der Waals surface area contributed by atoms with E-state index in [1.54, 1.807) is 38.1 Å². The highest BCUT2D eigenvalue weighted by atomic mass is 16.6. The lowest BCUT2D eigenvalue weighted by molar-refractivity contribution is -0.383. The monoisotopic (exact) mass is 289 g/mol. The maximum atomic E-state index is 12.0. The van der Waals surface area contributed by atoms with E-state index in [-0.39, 0.29) is 23.4 Å². The van der Waals surface area contributed by atoms with Crippen molar-refractivity contribution in [3.05, 3.63) is 40.1 Å². The zero-order valence-electron chi connectivity index (χ0n) is 12.0. The van der Waals surface area contributed by atoms with Gasteiger partial charge >= 0.3 is 5.97 Å². The normalized spacial score (nSPS) is 10.4. The number of aromatic nitrogens is 1. The summed E-state index contributed by atoms with van der Waals surface area (Å²) in [5, 5.41) is 11.6. The lowest BCUT2D eigenvalue weighted by Gasteiger charge is -2.18. The van der Waals surface area contributed by atoms with Gasteiger partial charge in [0.1, 0.15) is 11.1 Å². The molecule has 0 saturated heterocycles. The third kappa shape index (κ3) is 2.62. The van der Waals surface area contributed by atoms with E-state index in [0.29, 0.717) is 11.1 Å². The van der Waals surface area contributed by atoms with E-state index in [9.17, 15) is 14.9 Å². The van der Waals surface area contributed by atoms with Gasteiger partial charge in [-0.15, -0.1) is 0 Å². The van der Waals surface area contributed by atoms with Crippen molar-refractivity contribution in [1.29, 1.82) is 0 Å². The first kappa shape index (κ1) is 14.7. The third-order valence-corrected chi connectivity index (χ3v) is 2.99. The summed E-state index contributed by atoms with van der Waals surface area (Å²) in [6, 6.07) is 4.66. The van der Waals surface area contributed by atoms with Gasteiger partial charge in [-0.1, -0.05) is 12.1 Å². The number of esters is 1. The van der Waals surface area contributed by atoms with Crippen LogP contribution in [0.5, 0.6) is 0 Å². The van der Waals surface area contributed by atoms with Gasteiger partial charge in [0.05, 0.1) is 17.2 Å². The molecule has 2 aromatic rings. The third-order valence-electron chi connectivity index (χ3n) is 2.99. The highest BCUT2D eigenvalue weighted by molar-refractivity contribution is 6.07. The van der Waals surface area contributed by atoms with Crippen LogP contribution >= 0.6 is 0 Å². The Morgan fingerprint density at radius 3 is 2.71 bits per heavy atom. The topological polar surface area (TPSA) is 85.6 Å². The summed E-state index contributed by atoms with van der Waals surface area (Å²) in [4.78, 5) is 28.4. The highest BCUT2D eigenvalue weighted by Crippen LogP contribution is 2.33. The quantitative estimate of drug-likeness (QED) is 0.488. The predicted octanol–water partition coefficient (Wildman–Crippen LogP) is 2.39. The number of hydrogen-bond acceptors (Lipinski definition) is 6. The van der Waals surface area contributed by atoms with E-state index in [4.69, 9.17) is 4.74 Å². The summed E-state index contributed by atoms with van der Waals surface area (Å²) in [7, 11) is 3.52. The van der Waals surface area contributed by atoms with Crippen LogP contribution in [0.2, 0.25) is 0 Å². The molecule has 0 aliphatic carbocycles. The number of nitrogens with zero attached hydrogens (tertiary/aromatic N) is 3. The number of pyridine rings is 1. The molecule has 1 aromatic carbocycles. The van der Waals surface area contributed by atoms with Crippen molar-refractivity contribution in [1.82, 2.24) is 4.98 Å². The molecule has 2 rings (SSSR count). The fraction of sp³-hybridized carbons (Fsp3) is 0.286. The van der Waals surface area contributed by atoms with E-state index in [0.717, 1.165) is 0 Å². The molecule has 0 atom stereocenters. The Labute approximate surface area is 121 Å². The van der Waals surface area contributed by atoms with Crippen LogP contribution < -0.4 is 4.90 Å². The van der Waals surface area contributed by atoms with E-state index >= 15 is 0 Å². The molecular weight excluding hydrogens is 274 g/mol. The first-order valence-corrected chi connectivity index (χ1v) is 6.38. The Morgan fingerprint density at radius 1 is 1.43 bits per heavy atom. The Hall–Kier alpha value is -2.70. The van der Waals surface area contributed by atoms with Crippen LogP contribution in [0.25, 0.3) is 10.9 Å². The van der Waals surface area contributed by atoms with Crippen LogP contribution in [-0.2, 0) is 4.74 Å². The Morgan fingerprint density at radius 2 is 2.14 bits per heavy atom. The van der Waals surface area contributed by atoms with Crippen LogP contribution in [-0.4, -0.2) is 36.6 Å². The minimum atomic E-state index is -0.498. The maximum Gasteiger partial charge on any atom is 0.341 e. The molecule has 0 aliphatic rings. The summed E-state index contributed by atoms with van der Waals surface area (Å²) in [6.07, 6.45) is 1.32. The smallest absolute Gasteiger partial charge is 0.341 e. The molecule has 0 fully saturated rings. The van der Waals surface area contributed by atoms with Gasteiger partial charge in [0.2, 0.25) is 0 Å². The Balaban J connectivity index is 2.78. The number of anilines is 1. The number of para-hydroxylation sites is 1. The van der Waals surface area contributed by atoms with Crippen LogP contribution in [0.15, 0.2) is 24.4 Å². The number of carbonyl (C=O) groups is 1. The molecule has 7 heteroatoms. The van der Waals surface area contributed by atoms with Crippen LogP contribution in [0.3, 0.4) is 0 Å². The molecule has 1 aromatic heterocycles. The van der Waals surface area contributed by atoms with Gasteiger partial charge < -0.3 is 9.64 Å². The average Bonchev–Trinajstić information content (AvgIpc) is 2.45. The second kappa shape index (κ2) is 5.74.